The number of phenolic OH excluding ortho intramolecular Hbond substituents is 8. The molecule has 0 spiro atoms. The van der Waals surface area contributed by atoms with Crippen molar-refractivity contribution in [3.05, 3.63) is 133 Å². The van der Waals surface area contributed by atoms with Gasteiger partial charge in [-0.1, -0.05) is 109 Å². The van der Waals surface area contributed by atoms with Gasteiger partial charge in [-0.15, -0.1) is 0 Å². The molecule has 0 fully saturated rings. The number of phenols is 8. The molecular formula is C50H30O9. The molecule has 1 heterocycles. The fourth-order valence-electron chi connectivity index (χ4n) is 8.88. The molecule has 0 aliphatic heterocycles. The zero-order chi connectivity index (χ0) is 40.4. The fourth-order valence-corrected chi connectivity index (χ4v) is 8.88. The average molecular weight is 775 g/mol. The molecule has 0 aliphatic carbocycles. The topological polar surface area (TPSA) is 175 Å². The Bertz CT molecular complexity index is 3560. The van der Waals surface area contributed by atoms with Crippen molar-refractivity contribution in [2.45, 2.75) is 0 Å². The first-order valence-electron chi connectivity index (χ1n) is 18.7. The van der Waals surface area contributed by atoms with Crippen molar-refractivity contribution in [1.82, 2.24) is 0 Å². The van der Waals surface area contributed by atoms with Crippen LogP contribution in [-0.4, -0.2) is 40.9 Å². The Morgan fingerprint density at radius 2 is 0.729 bits per heavy atom. The Kier molecular flexibility index (Phi) is 6.97. The van der Waals surface area contributed by atoms with E-state index in [-0.39, 0.29) is 32.7 Å². The van der Waals surface area contributed by atoms with Crippen LogP contribution in [0.1, 0.15) is 0 Å². The van der Waals surface area contributed by atoms with E-state index in [2.05, 4.69) is 36.4 Å². The molecule has 10 aromatic carbocycles. The maximum Gasteiger partial charge on any atom is 0.204 e. The molecular weight excluding hydrogens is 745 g/mol. The quantitative estimate of drug-likeness (QED) is 0.0376. The van der Waals surface area contributed by atoms with Gasteiger partial charge in [-0.2, -0.15) is 0 Å². The summed E-state index contributed by atoms with van der Waals surface area (Å²) in [7, 11) is 0. The van der Waals surface area contributed by atoms with Gasteiger partial charge in [0.2, 0.25) is 23.0 Å². The maximum absolute atomic E-state index is 11.7. The lowest BCUT2D eigenvalue weighted by Gasteiger charge is -2.22. The molecule has 0 aliphatic rings. The number of benzene rings is 10. The molecule has 8 N–H and O–H groups in total. The average Bonchev–Trinajstić information content (AvgIpc) is 3.66. The summed E-state index contributed by atoms with van der Waals surface area (Å²) in [5, 5.41) is 97.7. The lowest BCUT2D eigenvalue weighted by atomic mass is 9.83. The summed E-state index contributed by atoms with van der Waals surface area (Å²) in [6.07, 6.45) is 0. The van der Waals surface area contributed by atoms with Gasteiger partial charge in [-0.3, -0.25) is 0 Å². The molecule has 0 radical (unpaired) electrons. The number of aromatic hydroxyl groups is 8. The van der Waals surface area contributed by atoms with Crippen molar-refractivity contribution in [2.24, 2.45) is 0 Å². The van der Waals surface area contributed by atoms with Gasteiger partial charge in [0.1, 0.15) is 11.2 Å². The summed E-state index contributed by atoms with van der Waals surface area (Å²) in [5.74, 6) is -7.50. The Labute approximate surface area is 333 Å². The van der Waals surface area contributed by atoms with Crippen molar-refractivity contribution < 1.29 is 45.3 Å². The third-order valence-electron chi connectivity index (χ3n) is 11.7. The number of hydrogen-bond acceptors (Lipinski definition) is 9. The molecule has 11 rings (SSSR count). The van der Waals surface area contributed by atoms with E-state index in [1.807, 2.05) is 66.7 Å². The van der Waals surface area contributed by atoms with Crippen molar-refractivity contribution in [2.75, 3.05) is 0 Å². The Morgan fingerprint density at radius 3 is 1.36 bits per heavy atom. The first kappa shape index (κ1) is 34.0. The molecule has 284 valence electrons. The van der Waals surface area contributed by atoms with Crippen molar-refractivity contribution in [3.63, 3.8) is 0 Å². The first-order valence-corrected chi connectivity index (χ1v) is 18.7. The molecule has 0 saturated carbocycles. The maximum atomic E-state index is 11.7. The minimum absolute atomic E-state index is 0.0252. The summed E-state index contributed by atoms with van der Waals surface area (Å²) < 4.78 is 6.32. The normalized spacial score (nSPS) is 11.9. The van der Waals surface area contributed by atoms with Crippen LogP contribution in [-0.2, 0) is 0 Å². The zero-order valence-corrected chi connectivity index (χ0v) is 30.7. The highest BCUT2D eigenvalue weighted by atomic mass is 16.4. The van der Waals surface area contributed by atoms with E-state index >= 15 is 0 Å². The van der Waals surface area contributed by atoms with Gasteiger partial charge in [0.05, 0.1) is 0 Å². The monoisotopic (exact) mass is 774 g/mol. The first-order chi connectivity index (χ1) is 28.6. The van der Waals surface area contributed by atoms with Gasteiger partial charge in [0.15, 0.2) is 23.0 Å². The summed E-state index contributed by atoms with van der Waals surface area (Å²) in [6.45, 7) is 0. The second kappa shape index (κ2) is 12.1. The molecule has 11 aromatic rings. The van der Waals surface area contributed by atoms with Gasteiger partial charge in [0.25, 0.3) is 0 Å². The number of rotatable bonds is 3. The summed E-state index contributed by atoms with van der Waals surface area (Å²) >= 11 is 0. The largest absolute Gasteiger partial charge is 0.504 e. The van der Waals surface area contributed by atoms with E-state index in [1.54, 1.807) is 30.3 Å². The third-order valence-corrected chi connectivity index (χ3v) is 11.7. The Hall–Kier alpha value is -8.30. The highest BCUT2D eigenvalue weighted by Gasteiger charge is 2.32. The van der Waals surface area contributed by atoms with Crippen LogP contribution in [0.2, 0.25) is 0 Å². The van der Waals surface area contributed by atoms with Crippen LogP contribution in [0.5, 0.6) is 46.0 Å². The van der Waals surface area contributed by atoms with E-state index < -0.39 is 46.0 Å². The second-order valence-corrected chi connectivity index (χ2v) is 14.8. The van der Waals surface area contributed by atoms with E-state index in [4.69, 9.17) is 4.42 Å². The molecule has 9 heteroatoms. The van der Waals surface area contributed by atoms with Crippen molar-refractivity contribution in [3.8, 4) is 79.4 Å². The fraction of sp³-hybridized carbons (Fsp3) is 0. The van der Waals surface area contributed by atoms with E-state index in [9.17, 15) is 40.9 Å². The van der Waals surface area contributed by atoms with Crippen LogP contribution in [0.4, 0.5) is 0 Å². The molecule has 0 unspecified atom stereocenters. The molecule has 0 amide bonds. The standard InChI is InChI=1S/C50H30O9/c51-42-38-36(26-12-9-23(10-13-26)27-16-18-31-28(21-27)14-11-24-5-1-3-7-30(24)31)39-41(45(54)49(58)47(56)43(39)52)37(40(38)44(53)48(57)46(42)55)29-17-20-35-34(22-29)33-19-15-25-6-2-4-8-32(25)50(33)59-35/h1-22,51-58H. The van der Waals surface area contributed by atoms with Gasteiger partial charge in [0, 0.05) is 48.8 Å². The number of fused-ring (bicyclic) bond motifs is 10. The SMILES string of the molecule is Oc1c(O)c(O)c2c(-c3ccc4oc5c6ccccc6ccc5c4c3)c3c(O)c(O)c(O)c(O)c3c(-c3ccc(-c4ccc5c(ccc6ccccc65)c4)cc3)c2c1O. The van der Waals surface area contributed by atoms with Crippen molar-refractivity contribution >= 4 is 75.8 Å². The smallest absolute Gasteiger partial charge is 0.204 e. The van der Waals surface area contributed by atoms with E-state index in [0.29, 0.717) is 27.7 Å². The lowest BCUT2D eigenvalue weighted by molar-refractivity contribution is 0.350. The molecule has 0 saturated heterocycles. The Balaban J connectivity index is 1.20. The number of hydrogen-bond donors (Lipinski definition) is 8. The zero-order valence-electron chi connectivity index (χ0n) is 30.7. The minimum atomic E-state index is -1.03. The summed E-state index contributed by atoms with van der Waals surface area (Å²) in [4.78, 5) is 0. The van der Waals surface area contributed by atoms with E-state index in [0.717, 1.165) is 48.8 Å². The van der Waals surface area contributed by atoms with Gasteiger partial charge in [-0.05, 0) is 73.5 Å². The minimum Gasteiger partial charge on any atom is -0.504 e. The highest BCUT2D eigenvalue weighted by Crippen LogP contribution is 2.62. The van der Waals surface area contributed by atoms with Crippen LogP contribution in [0, 0.1) is 0 Å². The second-order valence-electron chi connectivity index (χ2n) is 14.8. The van der Waals surface area contributed by atoms with Gasteiger partial charge in [-0.25, -0.2) is 0 Å². The molecule has 0 bridgehead atoms. The third kappa shape index (κ3) is 4.66. The van der Waals surface area contributed by atoms with Crippen LogP contribution < -0.4 is 0 Å². The molecule has 0 atom stereocenters. The lowest BCUT2D eigenvalue weighted by Crippen LogP contribution is -1.94. The Morgan fingerprint density at radius 1 is 0.288 bits per heavy atom. The van der Waals surface area contributed by atoms with E-state index in [1.165, 1.54) is 0 Å². The van der Waals surface area contributed by atoms with Crippen LogP contribution in [0.3, 0.4) is 0 Å². The molecule has 1 aromatic heterocycles. The highest BCUT2D eigenvalue weighted by molar-refractivity contribution is 6.29. The van der Waals surface area contributed by atoms with Crippen LogP contribution in [0.25, 0.3) is 109 Å². The van der Waals surface area contributed by atoms with Crippen LogP contribution in [0.15, 0.2) is 138 Å². The molecule has 9 nitrogen and oxygen atoms in total. The number of furan rings is 1. The van der Waals surface area contributed by atoms with Crippen LogP contribution >= 0.6 is 0 Å². The predicted octanol–water partition coefficient (Wildman–Crippen LogP) is 12.0. The van der Waals surface area contributed by atoms with Crippen molar-refractivity contribution in [1.29, 1.82) is 0 Å². The summed E-state index contributed by atoms with van der Waals surface area (Å²) in [6, 6.07) is 42.2. The van der Waals surface area contributed by atoms with Gasteiger partial charge < -0.3 is 45.3 Å². The summed E-state index contributed by atoms with van der Waals surface area (Å²) in [5.41, 5.74) is 3.44. The molecule has 59 heavy (non-hydrogen) atoms. The van der Waals surface area contributed by atoms with Gasteiger partial charge >= 0.3 is 0 Å². The predicted molar refractivity (Wildman–Crippen MR) is 231 cm³/mol.